The fourth-order valence-electron chi connectivity index (χ4n) is 5.47. The Hall–Kier alpha value is -4.81. The van der Waals surface area contributed by atoms with Gasteiger partial charge in [0.25, 0.3) is 0 Å². The topological polar surface area (TPSA) is 64.7 Å². The van der Waals surface area contributed by atoms with Crippen LogP contribution < -0.4 is 11.0 Å². The smallest absolute Gasteiger partial charge is 0.313 e. The molecule has 0 saturated heterocycles. The molecule has 3 aromatic carbocycles. The summed E-state index contributed by atoms with van der Waals surface area (Å²) in [5.74, 6) is 0. The van der Waals surface area contributed by atoms with Crippen molar-refractivity contribution >= 4 is 27.5 Å². The van der Waals surface area contributed by atoms with Crippen molar-refractivity contribution in [1.82, 2.24) is 24.4 Å². The Kier molecular flexibility index (Phi) is 5.68. The molecule has 0 atom stereocenters. The van der Waals surface area contributed by atoms with Gasteiger partial charge in [-0.2, -0.15) is 0 Å². The van der Waals surface area contributed by atoms with Crippen molar-refractivity contribution in [1.29, 1.82) is 0 Å². The zero-order chi connectivity index (χ0) is 26.3. The maximum absolute atomic E-state index is 13.5. The van der Waals surface area contributed by atoms with Crippen molar-refractivity contribution in [2.75, 3.05) is 13.1 Å². The molecule has 0 fully saturated rings. The van der Waals surface area contributed by atoms with E-state index in [1.165, 1.54) is 11.1 Å². The Morgan fingerprint density at radius 1 is 0.795 bits per heavy atom. The van der Waals surface area contributed by atoms with E-state index < -0.39 is 0 Å². The van der Waals surface area contributed by atoms with Gasteiger partial charge in [-0.3, -0.25) is 19.1 Å². The Labute approximate surface area is 225 Å². The van der Waals surface area contributed by atoms with Crippen molar-refractivity contribution < 1.29 is 0 Å². The molecule has 6 nitrogen and oxygen atoms in total. The van der Waals surface area contributed by atoms with Crippen LogP contribution in [-0.2, 0) is 7.05 Å². The van der Waals surface area contributed by atoms with Crippen LogP contribution in [0.25, 0.3) is 55.6 Å². The van der Waals surface area contributed by atoms with Crippen molar-refractivity contribution in [2.45, 2.75) is 6.42 Å². The predicted octanol–water partition coefficient (Wildman–Crippen LogP) is 5.98. The summed E-state index contributed by atoms with van der Waals surface area (Å²) in [6.45, 7) is 1.88. The van der Waals surface area contributed by atoms with Gasteiger partial charge in [0, 0.05) is 36.3 Å². The van der Waals surface area contributed by atoms with Gasteiger partial charge in [-0.25, -0.2) is 4.79 Å². The highest BCUT2D eigenvalue weighted by Gasteiger charge is 2.17. The SMILES string of the molecule is Cn1c(=O)n(-c2ccc(C3=CCNCC3)cc2)c2c3cc(-c4ccc(-c5ccccc5)nc4)ccc3ncc21. The lowest BCUT2D eigenvalue weighted by Gasteiger charge is -2.15. The standard InChI is InChI=1S/C33H27N5O/c1-37-31-21-36-30-14-9-25(26-10-13-29(35-20-26)24-5-3-2-4-6-24)19-28(30)32(31)38(33(37)39)27-11-7-22(8-12-27)23-15-17-34-18-16-23/h2-15,19-21,34H,16-18H2,1H3. The number of nitrogens with one attached hydrogen (secondary N) is 1. The molecule has 0 amide bonds. The van der Waals surface area contributed by atoms with E-state index in [0.29, 0.717) is 0 Å². The monoisotopic (exact) mass is 509 g/mol. The van der Waals surface area contributed by atoms with Crippen molar-refractivity contribution in [3.8, 4) is 28.1 Å². The highest BCUT2D eigenvalue weighted by atomic mass is 16.1. The largest absolute Gasteiger partial charge is 0.333 e. The van der Waals surface area contributed by atoms with E-state index in [-0.39, 0.29) is 5.69 Å². The second kappa shape index (κ2) is 9.49. The van der Waals surface area contributed by atoms with E-state index in [0.717, 1.165) is 69.5 Å². The number of pyridine rings is 2. The zero-order valence-electron chi connectivity index (χ0n) is 21.6. The average molecular weight is 510 g/mol. The fraction of sp³-hybridized carbons (Fsp3) is 0.121. The first kappa shape index (κ1) is 23.3. The fourth-order valence-corrected chi connectivity index (χ4v) is 5.47. The lowest BCUT2D eigenvalue weighted by Crippen LogP contribution is -2.21. The number of imidazole rings is 1. The summed E-state index contributed by atoms with van der Waals surface area (Å²) >= 11 is 0. The molecule has 6 aromatic rings. The van der Waals surface area contributed by atoms with Gasteiger partial charge >= 0.3 is 5.69 Å². The molecule has 0 unspecified atom stereocenters. The normalized spacial score (nSPS) is 13.6. The van der Waals surface area contributed by atoms with Crippen molar-refractivity contribution in [3.05, 3.63) is 119 Å². The highest BCUT2D eigenvalue weighted by molar-refractivity contribution is 6.04. The van der Waals surface area contributed by atoms with Crippen LogP contribution in [0.15, 0.2) is 108 Å². The summed E-state index contributed by atoms with van der Waals surface area (Å²) in [6, 6.07) is 28.8. The minimum atomic E-state index is -0.0904. The number of aryl methyl sites for hydroxylation is 1. The summed E-state index contributed by atoms with van der Waals surface area (Å²) < 4.78 is 3.48. The second-order valence-corrected chi connectivity index (χ2v) is 9.93. The van der Waals surface area contributed by atoms with Gasteiger partial charge in [-0.1, -0.05) is 60.7 Å². The van der Waals surface area contributed by atoms with Gasteiger partial charge in [0.15, 0.2) is 0 Å². The number of hydrogen-bond donors (Lipinski definition) is 1. The van der Waals surface area contributed by atoms with E-state index in [1.807, 2.05) is 48.7 Å². The van der Waals surface area contributed by atoms with Crippen LogP contribution in [0, 0.1) is 0 Å². The van der Waals surface area contributed by atoms with Gasteiger partial charge in [0.1, 0.15) is 0 Å². The number of benzene rings is 3. The molecule has 1 N–H and O–H groups in total. The van der Waals surface area contributed by atoms with Gasteiger partial charge in [0.2, 0.25) is 0 Å². The number of aromatic nitrogens is 4. The van der Waals surface area contributed by atoms with E-state index in [4.69, 9.17) is 4.98 Å². The third-order valence-electron chi connectivity index (χ3n) is 7.61. The molecule has 0 bridgehead atoms. The van der Waals surface area contributed by atoms with Crippen LogP contribution in [-0.4, -0.2) is 32.2 Å². The van der Waals surface area contributed by atoms with E-state index in [2.05, 4.69) is 58.8 Å². The third-order valence-corrected chi connectivity index (χ3v) is 7.61. The van der Waals surface area contributed by atoms with Crippen molar-refractivity contribution in [2.24, 2.45) is 7.05 Å². The molecule has 1 aliphatic rings. The van der Waals surface area contributed by atoms with Crippen LogP contribution in [0.2, 0.25) is 0 Å². The summed E-state index contributed by atoms with van der Waals surface area (Å²) in [7, 11) is 1.80. The van der Waals surface area contributed by atoms with E-state index in [1.54, 1.807) is 22.4 Å². The molecule has 6 heteroatoms. The number of rotatable bonds is 4. The van der Waals surface area contributed by atoms with Gasteiger partial charge < -0.3 is 5.32 Å². The summed E-state index contributed by atoms with van der Waals surface area (Å²) in [4.78, 5) is 22.9. The first-order valence-electron chi connectivity index (χ1n) is 13.2. The molecule has 1 aliphatic heterocycles. The molecule has 0 saturated carbocycles. The van der Waals surface area contributed by atoms with Gasteiger partial charge in [-0.15, -0.1) is 0 Å². The quantitative estimate of drug-likeness (QED) is 0.317. The number of fused-ring (bicyclic) bond motifs is 3. The van der Waals surface area contributed by atoms with Crippen LogP contribution >= 0.6 is 0 Å². The number of nitrogens with zero attached hydrogens (tertiary/aromatic N) is 4. The minimum absolute atomic E-state index is 0.0904. The Bertz CT molecular complexity index is 1910. The lowest BCUT2D eigenvalue weighted by molar-refractivity contribution is 0.738. The Balaban J connectivity index is 1.35. The minimum Gasteiger partial charge on any atom is -0.313 e. The van der Waals surface area contributed by atoms with Crippen LogP contribution in [0.4, 0.5) is 0 Å². The van der Waals surface area contributed by atoms with Gasteiger partial charge in [0.05, 0.1) is 34.1 Å². The molecule has 0 aliphatic carbocycles. The average Bonchev–Trinajstić information content (AvgIpc) is 3.27. The molecule has 39 heavy (non-hydrogen) atoms. The summed E-state index contributed by atoms with van der Waals surface area (Å²) in [6.07, 6.45) is 6.95. The second-order valence-electron chi connectivity index (χ2n) is 9.93. The molecule has 4 heterocycles. The summed E-state index contributed by atoms with van der Waals surface area (Å²) in [5, 5.41) is 4.29. The molecule has 0 spiro atoms. The maximum Gasteiger partial charge on any atom is 0.333 e. The first-order valence-corrected chi connectivity index (χ1v) is 13.2. The predicted molar refractivity (Wildman–Crippen MR) is 158 cm³/mol. The molecule has 7 rings (SSSR count). The maximum atomic E-state index is 13.5. The van der Waals surface area contributed by atoms with Crippen LogP contribution in [0.3, 0.4) is 0 Å². The molecule has 190 valence electrons. The zero-order valence-corrected chi connectivity index (χ0v) is 21.6. The number of hydrogen-bond acceptors (Lipinski definition) is 4. The lowest BCUT2D eigenvalue weighted by atomic mass is 10.00. The van der Waals surface area contributed by atoms with Crippen LogP contribution in [0.1, 0.15) is 12.0 Å². The van der Waals surface area contributed by atoms with E-state index in [9.17, 15) is 4.79 Å². The van der Waals surface area contributed by atoms with E-state index >= 15 is 0 Å². The third kappa shape index (κ3) is 4.06. The van der Waals surface area contributed by atoms with Gasteiger partial charge in [-0.05, 0) is 60.0 Å². The molecule has 0 radical (unpaired) electrons. The molecular weight excluding hydrogens is 482 g/mol. The molecule has 3 aromatic heterocycles. The Morgan fingerprint density at radius 3 is 2.33 bits per heavy atom. The summed E-state index contributed by atoms with van der Waals surface area (Å²) in [5.41, 5.74) is 9.86. The van der Waals surface area contributed by atoms with Crippen molar-refractivity contribution in [3.63, 3.8) is 0 Å². The first-order chi connectivity index (χ1) is 19.2. The Morgan fingerprint density at radius 2 is 1.59 bits per heavy atom. The molecular formula is C33H27N5O. The van der Waals surface area contributed by atoms with Crippen LogP contribution in [0.5, 0.6) is 0 Å². The highest BCUT2D eigenvalue weighted by Crippen LogP contribution is 2.31.